The summed E-state index contributed by atoms with van der Waals surface area (Å²) in [6.07, 6.45) is 0.993. The van der Waals surface area contributed by atoms with Gasteiger partial charge in [0.15, 0.2) is 0 Å². The Hall–Kier alpha value is -2.06. The largest absolute Gasteiger partial charge is 0.309 e. The van der Waals surface area contributed by atoms with Crippen LogP contribution in [0.4, 0.5) is 17.1 Å². The zero-order valence-corrected chi connectivity index (χ0v) is 13.0. The molecule has 0 aliphatic carbocycles. The van der Waals surface area contributed by atoms with Gasteiger partial charge in [0.2, 0.25) is 0 Å². The van der Waals surface area contributed by atoms with Crippen LogP contribution in [0, 0.1) is 0 Å². The number of hydrogen-bond donors (Lipinski definition) is 0. The van der Waals surface area contributed by atoms with Crippen LogP contribution >= 0.6 is 15.9 Å². The molecule has 0 aromatic heterocycles. The van der Waals surface area contributed by atoms with Gasteiger partial charge in [0.1, 0.15) is 0 Å². The van der Waals surface area contributed by atoms with Crippen LogP contribution in [-0.2, 0) is 6.42 Å². The molecule has 0 saturated heterocycles. The van der Waals surface area contributed by atoms with Crippen molar-refractivity contribution in [3.63, 3.8) is 0 Å². The predicted octanol–water partition coefficient (Wildman–Crippen LogP) is 5.82. The second-order valence-electron chi connectivity index (χ2n) is 5.22. The second-order valence-corrected chi connectivity index (χ2v) is 6.08. The third kappa shape index (κ3) is 2.07. The fraction of sp³-hybridized carbons (Fsp3) is 0.0526. The number of benzene rings is 3. The Morgan fingerprint density at radius 3 is 1.67 bits per heavy atom. The average Bonchev–Trinajstić information content (AvgIpc) is 2.53. The van der Waals surface area contributed by atoms with E-state index in [1.807, 2.05) is 0 Å². The van der Waals surface area contributed by atoms with Crippen LogP contribution in [0.3, 0.4) is 0 Å². The number of rotatable bonds is 1. The van der Waals surface area contributed by atoms with Crippen molar-refractivity contribution in [1.82, 2.24) is 0 Å². The first-order chi connectivity index (χ1) is 10.3. The van der Waals surface area contributed by atoms with Gasteiger partial charge >= 0.3 is 0 Å². The van der Waals surface area contributed by atoms with Gasteiger partial charge in [-0.15, -0.1) is 0 Å². The fourth-order valence-corrected chi connectivity index (χ4v) is 3.45. The minimum atomic E-state index is 0.993. The number of nitrogens with zero attached hydrogens (tertiary/aromatic N) is 1. The first-order valence-corrected chi connectivity index (χ1v) is 7.84. The lowest BCUT2D eigenvalue weighted by atomic mass is 9.95. The van der Waals surface area contributed by atoms with Crippen LogP contribution < -0.4 is 4.90 Å². The lowest BCUT2D eigenvalue weighted by Gasteiger charge is -2.34. The first-order valence-electron chi connectivity index (χ1n) is 7.05. The molecule has 21 heavy (non-hydrogen) atoms. The normalized spacial score (nSPS) is 12.7. The van der Waals surface area contributed by atoms with E-state index in [0.29, 0.717) is 0 Å². The van der Waals surface area contributed by atoms with Crippen molar-refractivity contribution < 1.29 is 0 Å². The van der Waals surface area contributed by atoms with Gasteiger partial charge < -0.3 is 4.90 Å². The molecule has 3 aromatic rings. The highest BCUT2D eigenvalue weighted by Crippen LogP contribution is 2.45. The lowest BCUT2D eigenvalue weighted by molar-refractivity contribution is 1.09. The third-order valence-corrected chi connectivity index (χ3v) is 4.61. The van der Waals surface area contributed by atoms with E-state index in [0.717, 1.165) is 10.9 Å². The van der Waals surface area contributed by atoms with E-state index in [1.165, 1.54) is 28.2 Å². The van der Waals surface area contributed by atoms with Crippen LogP contribution in [0.1, 0.15) is 11.1 Å². The molecule has 1 heterocycles. The summed E-state index contributed by atoms with van der Waals surface area (Å²) >= 11 is 3.69. The van der Waals surface area contributed by atoms with Gasteiger partial charge in [-0.05, 0) is 51.3 Å². The van der Waals surface area contributed by atoms with Crippen molar-refractivity contribution in [3.8, 4) is 0 Å². The zero-order valence-electron chi connectivity index (χ0n) is 11.5. The molecule has 0 bridgehead atoms. The number of hydrogen-bond acceptors (Lipinski definition) is 1. The summed E-state index contributed by atoms with van der Waals surface area (Å²) < 4.78 is 1.11. The van der Waals surface area contributed by atoms with E-state index in [1.54, 1.807) is 0 Å². The monoisotopic (exact) mass is 335 g/mol. The third-order valence-electron chi connectivity index (χ3n) is 3.94. The van der Waals surface area contributed by atoms with E-state index in [-0.39, 0.29) is 0 Å². The summed E-state index contributed by atoms with van der Waals surface area (Å²) in [5.74, 6) is 0. The molecule has 0 unspecified atom stereocenters. The molecule has 2 heteroatoms. The molecule has 1 aliphatic heterocycles. The van der Waals surface area contributed by atoms with E-state index < -0.39 is 0 Å². The van der Waals surface area contributed by atoms with Gasteiger partial charge in [0.05, 0.1) is 5.69 Å². The highest BCUT2D eigenvalue weighted by molar-refractivity contribution is 9.10. The van der Waals surface area contributed by atoms with Crippen molar-refractivity contribution in [3.05, 3.63) is 88.4 Å². The van der Waals surface area contributed by atoms with Crippen molar-refractivity contribution in [2.45, 2.75) is 6.42 Å². The molecule has 4 rings (SSSR count). The Morgan fingerprint density at radius 2 is 1.10 bits per heavy atom. The summed E-state index contributed by atoms with van der Waals surface area (Å²) in [5.41, 5.74) is 6.45. The minimum absolute atomic E-state index is 0.993. The average molecular weight is 336 g/mol. The highest BCUT2D eigenvalue weighted by Gasteiger charge is 2.24. The maximum absolute atomic E-state index is 3.69. The molecular weight excluding hydrogens is 322 g/mol. The van der Waals surface area contributed by atoms with Crippen molar-refractivity contribution in [1.29, 1.82) is 0 Å². The van der Waals surface area contributed by atoms with E-state index >= 15 is 0 Å². The summed E-state index contributed by atoms with van der Waals surface area (Å²) in [6, 6.07) is 25.7. The van der Waals surface area contributed by atoms with Crippen LogP contribution in [-0.4, -0.2) is 0 Å². The molecule has 102 valence electrons. The molecule has 0 N–H and O–H groups in total. The Bertz CT molecular complexity index is 749. The fourth-order valence-electron chi connectivity index (χ4n) is 2.98. The second kappa shape index (κ2) is 5.05. The van der Waals surface area contributed by atoms with Gasteiger partial charge in [-0.2, -0.15) is 0 Å². The maximum atomic E-state index is 3.69. The molecule has 0 radical (unpaired) electrons. The standard InChI is InChI=1S/C19H14BrN/c20-16-9-3-6-12-19(16)21-17-10-4-1-7-14(17)13-15-8-2-5-11-18(15)21/h1-12H,13H2. The smallest absolute Gasteiger partial charge is 0.0603 e. The molecule has 0 spiro atoms. The lowest BCUT2D eigenvalue weighted by Crippen LogP contribution is -2.18. The molecule has 0 fully saturated rings. The maximum Gasteiger partial charge on any atom is 0.0603 e. The van der Waals surface area contributed by atoms with E-state index in [9.17, 15) is 0 Å². The molecule has 1 aliphatic rings. The van der Waals surface area contributed by atoms with E-state index in [2.05, 4.69) is 93.6 Å². The van der Waals surface area contributed by atoms with Gasteiger partial charge in [-0.3, -0.25) is 0 Å². The molecule has 1 nitrogen and oxygen atoms in total. The Balaban J connectivity index is 2.00. The van der Waals surface area contributed by atoms with Gasteiger partial charge in [-0.1, -0.05) is 48.5 Å². The molecule has 0 amide bonds. The summed E-state index contributed by atoms with van der Waals surface area (Å²) in [6.45, 7) is 0. The summed E-state index contributed by atoms with van der Waals surface area (Å²) in [5, 5.41) is 0. The summed E-state index contributed by atoms with van der Waals surface area (Å²) in [4.78, 5) is 2.35. The van der Waals surface area contributed by atoms with Gasteiger partial charge in [0.25, 0.3) is 0 Å². The molecule has 3 aromatic carbocycles. The molecule has 0 saturated carbocycles. The number of anilines is 3. The SMILES string of the molecule is Brc1ccccc1N1c2ccccc2Cc2ccccc21. The van der Waals surface area contributed by atoms with Crippen LogP contribution in [0.15, 0.2) is 77.3 Å². The molecule has 0 atom stereocenters. The predicted molar refractivity (Wildman–Crippen MR) is 91.6 cm³/mol. The number of halogens is 1. The van der Waals surface area contributed by atoms with Crippen LogP contribution in [0.5, 0.6) is 0 Å². The topological polar surface area (TPSA) is 3.24 Å². The van der Waals surface area contributed by atoms with Gasteiger partial charge in [-0.25, -0.2) is 0 Å². The Labute approximate surface area is 133 Å². The van der Waals surface area contributed by atoms with Crippen molar-refractivity contribution in [2.75, 3.05) is 4.90 Å². The highest BCUT2D eigenvalue weighted by atomic mass is 79.9. The Morgan fingerprint density at radius 1 is 0.619 bits per heavy atom. The number of para-hydroxylation sites is 3. The van der Waals surface area contributed by atoms with Crippen molar-refractivity contribution >= 4 is 33.0 Å². The van der Waals surface area contributed by atoms with Gasteiger partial charge in [0, 0.05) is 22.3 Å². The van der Waals surface area contributed by atoms with Crippen molar-refractivity contribution in [2.24, 2.45) is 0 Å². The summed E-state index contributed by atoms with van der Waals surface area (Å²) in [7, 11) is 0. The minimum Gasteiger partial charge on any atom is -0.309 e. The first kappa shape index (κ1) is 12.7. The van der Waals surface area contributed by atoms with Crippen LogP contribution in [0.2, 0.25) is 0 Å². The Kier molecular flexibility index (Phi) is 3.04. The zero-order chi connectivity index (χ0) is 14.2. The van der Waals surface area contributed by atoms with Crippen LogP contribution in [0.25, 0.3) is 0 Å². The quantitative estimate of drug-likeness (QED) is 0.423. The number of fused-ring (bicyclic) bond motifs is 2. The molecular formula is C19H14BrN. The van der Waals surface area contributed by atoms with E-state index in [4.69, 9.17) is 0 Å².